The van der Waals surface area contributed by atoms with E-state index in [0.29, 0.717) is 19.8 Å². The van der Waals surface area contributed by atoms with E-state index in [4.69, 9.17) is 4.74 Å². The molecule has 2 N–H and O–H groups in total. The zero-order chi connectivity index (χ0) is 15.9. The summed E-state index contributed by atoms with van der Waals surface area (Å²) in [6.45, 7) is 9.59. The normalized spacial score (nSPS) is 20.4. The molecular weight excluding hydrogens is 268 g/mol. The van der Waals surface area contributed by atoms with Gasteiger partial charge in [0.1, 0.15) is 0 Å². The zero-order valence-corrected chi connectivity index (χ0v) is 13.8. The van der Waals surface area contributed by atoms with E-state index < -0.39 is 0 Å². The highest BCUT2D eigenvalue weighted by Gasteiger charge is 2.35. The highest BCUT2D eigenvalue weighted by molar-refractivity contribution is 5.80. The highest BCUT2D eigenvalue weighted by Crippen LogP contribution is 2.21. The lowest BCUT2D eigenvalue weighted by molar-refractivity contribution is -0.130. The van der Waals surface area contributed by atoms with Crippen LogP contribution in [-0.4, -0.2) is 37.1 Å². The number of nitrogens with one attached hydrogen (secondary N) is 2. The Bertz CT molecular complexity index is 351. The van der Waals surface area contributed by atoms with Gasteiger partial charge < -0.3 is 15.4 Å². The molecular formula is C16H30N2O3. The Morgan fingerprint density at radius 1 is 1.05 bits per heavy atom. The molecule has 0 spiro atoms. The predicted molar refractivity (Wildman–Crippen MR) is 82.8 cm³/mol. The number of hydrogen-bond acceptors (Lipinski definition) is 3. The largest absolute Gasteiger partial charge is 0.381 e. The van der Waals surface area contributed by atoms with E-state index in [2.05, 4.69) is 10.6 Å². The SMILES string of the molecule is CC[C@H](C)C(=O)NCC1(NC(=O)[C@@H](C)CC)CCOCC1. The maximum absolute atomic E-state index is 12.2. The Kier molecular flexibility index (Phi) is 7.15. The predicted octanol–water partition coefficient (Wildman–Crippen LogP) is 1.86. The smallest absolute Gasteiger partial charge is 0.223 e. The summed E-state index contributed by atoms with van der Waals surface area (Å²) < 4.78 is 5.40. The maximum Gasteiger partial charge on any atom is 0.223 e. The molecule has 0 aromatic heterocycles. The summed E-state index contributed by atoms with van der Waals surface area (Å²) in [6, 6.07) is 0. The zero-order valence-electron chi connectivity index (χ0n) is 13.8. The number of hydrogen-bond donors (Lipinski definition) is 2. The van der Waals surface area contributed by atoms with Crippen LogP contribution in [0.4, 0.5) is 0 Å². The molecule has 0 unspecified atom stereocenters. The summed E-state index contributed by atoms with van der Waals surface area (Å²) in [5.41, 5.74) is -0.359. The minimum Gasteiger partial charge on any atom is -0.381 e. The molecule has 1 rings (SSSR count). The van der Waals surface area contributed by atoms with Crippen LogP contribution in [0, 0.1) is 11.8 Å². The topological polar surface area (TPSA) is 67.4 Å². The molecule has 1 aliphatic heterocycles. The van der Waals surface area contributed by atoms with Crippen molar-refractivity contribution in [1.82, 2.24) is 10.6 Å². The van der Waals surface area contributed by atoms with E-state index in [1.54, 1.807) is 0 Å². The van der Waals surface area contributed by atoms with Gasteiger partial charge in [-0.15, -0.1) is 0 Å². The fourth-order valence-electron chi connectivity index (χ4n) is 2.29. The van der Waals surface area contributed by atoms with Gasteiger partial charge in [-0.05, 0) is 25.7 Å². The van der Waals surface area contributed by atoms with Crippen molar-refractivity contribution in [2.45, 2.75) is 58.9 Å². The Hall–Kier alpha value is -1.10. The molecule has 21 heavy (non-hydrogen) atoms. The van der Waals surface area contributed by atoms with Crippen LogP contribution in [0.1, 0.15) is 53.4 Å². The molecule has 5 nitrogen and oxygen atoms in total. The van der Waals surface area contributed by atoms with Crippen LogP contribution < -0.4 is 10.6 Å². The summed E-state index contributed by atoms with van der Waals surface area (Å²) >= 11 is 0. The Morgan fingerprint density at radius 3 is 2.10 bits per heavy atom. The van der Waals surface area contributed by atoms with Gasteiger partial charge in [0.05, 0.1) is 5.54 Å². The van der Waals surface area contributed by atoms with Gasteiger partial charge in [-0.3, -0.25) is 9.59 Å². The standard InChI is InChI=1S/C16H30N2O3/c1-5-12(3)14(19)17-11-16(7-9-21-10-8-16)18-15(20)13(4)6-2/h12-13H,5-11H2,1-4H3,(H,17,19)(H,18,20)/t12-,13-/m0/s1. The Labute approximate surface area is 128 Å². The van der Waals surface area contributed by atoms with Crippen molar-refractivity contribution in [3.05, 3.63) is 0 Å². The fraction of sp³-hybridized carbons (Fsp3) is 0.875. The average molecular weight is 298 g/mol. The van der Waals surface area contributed by atoms with Gasteiger partial charge in [-0.1, -0.05) is 27.7 Å². The molecule has 2 atom stereocenters. The average Bonchev–Trinajstić information content (AvgIpc) is 2.51. The van der Waals surface area contributed by atoms with Crippen molar-refractivity contribution in [3.63, 3.8) is 0 Å². The monoisotopic (exact) mass is 298 g/mol. The minimum absolute atomic E-state index is 0.00464. The molecule has 1 saturated heterocycles. The molecule has 0 bridgehead atoms. The maximum atomic E-state index is 12.2. The van der Waals surface area contributed by atoms with Crippen LogP contribution in [0.25, 0.3) is 0 Å². The van der Waals surface area contributed by atoms with Crippen molar-refractivity contribution in [1.29, 1.82) is 0 Å². The van der Waals surface area contributed by atoms with Crippen molar-refractivity contribution < 1.29 is 14.3 Å². The first kappa shape index (κ1) is 18.0. The summed E-state index contributed by atoms with van der Waals surface area (Å²) in [5.74, 6) is 0.125. The first-order chi connectivity index (χ1) is 9.94. The molecule has 1 aliphatic rings. The lowest BCUT2D eigenvalue weighted by Crippen LogP contribution is -2.59. The second-order valence-corrected chi connectivity index (χ2v) is 6.22. The number of carbonyl (C=O) groups excluding carboxylic acids is 2. The Balaban J connectivity index is 2.66. The van der Waals surface area contributed by atoms with Crippen LogP contribution in [0.5, 0.6) is 0 Å². The first-order valence-electron chi connectivity index (χ1n) is 8.11. The molecule has 122 valence electrons. The van der Waals surface area contributed by atoms with Gasteiger partial charge in [0.15, 0.2) is 0 Å². The Morgan fingerprint density at radius 2 is 1.57 bits per heavy atom. The quantitative estimate of drug-likeness (QED) is 0.754. The summed E-state index contributed by atoms with van der Waals surface area (Å²) in [5, 5.41) is 6.16. The van der Waals surface area contributed by atoms with Crippen molar-refractivity contribution in [3.8, 4) is 0 Å². The molecule has 0 aliphatic carbocycles. The number of ether oxygens (including phenoxy) is 1. The third-order valence-electron chi connectivity index (χ3n) is 4.56. The van der Waals surface area contributed by atoms with Gasteiger partial charge in [-0.25, -0.2) is 0 Å². The molecule has 0 saturated carbocycles. The third kappa shape index (κ3) is 5.30. The van der Waals surface area contributed by atoms with Crippen molar-refractivity contribution in [2.75, 3.05) is 19.8 Å². The van der Waals surface area contributed by atoms with E-state index >= 15 is 0 Å². The van der Waals surface area contributed by atoms with E-state index in [9.17, 15) is 9.59 Å². The van der Waals surface area contributed by atoms with Gasteiger partial charge in [0.25, 0.3) is 0 Å². The number of rotatable bonds is 7. The third-order valence-corrected chi connectivity index (χ3v) is 4.56. The van der Waals surface area contributed by atoms with E-state index in [1.165, 1.54) is 0 Å². The molecule has 2 amide bonds. The number of carbonyl (C=O) groups is 2. The lowest BCUT2D eigenvalue weighted by atomic mass is 9.88. The van der Waals surface area contributed by atoms with Crippen molar-refractivity contribution in [2.24, 2.45) is 11.8 Å². The van der Waals surface area contributed by atoms with Gasteiger partial charge in [-0.2, -0.15) is 0 Å². The highest BCUT2D eigenvalue weighted by atomic mass is 16.5. The van der Waals surface area contributed by atoms with Crippen LogP contribution >= 0.6 is 0 Å². The van der Waals surface area contributed by atoms with E-state index in [0.717, 1.165) is 25.7 Å². The van der Waals surface area contributed by atoms with E-state index in [-0.39, 0.29) is 29.2 Å². The summed E-state index contributed by atoms with van der Waals surface area (Å²) in [6.07, 6.45) is 3.13. The summed E-state index contributed by atoms with van der Waals surface area (Å²) in [4.78, 5) is 24.2. The fourth-order valence-corrected chi connectivity index (χ4v) is 2.29. The van der Waals surface area contributed by atoms with Crippen LogP contribution in [0.2, 0.25) is 0 Å². The van der Waals surface area contributed by atoms with Crippen LogP contribution in [0.15, 0.2) is 0 Å². The molecule has 0 radical (unpaired) electrons. The molecule has 1 fully saturated rings. The lowest BCUT2D eigenvalue weighted by Gasteiger charge is -2.39. The van der Waals surface area contributed by atoms with Gasteiger partial charge in [0, 0.05) is 31.6 Å². The second kappa shape index (κ2) is 8.37. The van der Waals surface area contributed by atoms with Gasteiger partial charge in [0.2, 0.25) is 11.8 Å². The molecule has 1 heterocycles. The molecule has 0 aromatic rings. The van der Waals surface area contributed by atoms with Gasteiger partial charge >= 0.3 is 0 Å². The van der Waals surface area contributed by atoms with Crippen LogP contribution in [0.3, 0.4) is 0 Å². The summed E-state index contributed by atoms with van der Waals surface area (Å²) in [7, 11) is 0. The molecule has 5 heteroatoms. The number of amides is 2. The minimum atomic E-state index is -0.359. The van der Waals surface area contributed by atoms with Crippen LogP contribution in [-0.2, 0) is 14.3 Å². The first-order valence-corrected chi connectivity index (χ1v) is 8.11. The molecule has 0 aromatic carbocycles. The second-order valence-electron chi connectivity index (χ2n) is 6.22. The van der Waals surface area contributed by atoms with E-state index in [1.807, 2.05) is 27.7 Å². The van der Waals surface area contributed by atoms with Crippen molar-refractivity contribution >= 4 is 11.8 Å².